The topological polar surface area (TPSA) is 101 Å². The van der Waals surface area contributed by atoms with Crippen molar-refractivity contribution in [1.82, 2.24) is 14.2 Å². The van der Waals surface area contributed by atoms with Crippen molar-refractivity contribution < 1.29 is 9.18 Å². The van der Waals surface area contributed by atoms with Crippen molar-refractivity contribution in [2.45, 2.75) is 6.54 Å². The van der Waals surface area contributed by atoms with Gasteiger partial charge < -0.3 is 14.9 Å². The number of amides is 1. The van der Waals surface area contributed by atoms with Crippen LogP contribution in [0.2, 0.25) is 0 Å². The summed E-state index contributed by atoms with van der Waals surface area (Å²) in [6, 6.07) is 19.6. The fourth-order valence-electron chi connectivity index (χ4n) is 3.78. The molecule has 0 saturated heterocycles. The van der Waals surface area contributed by atoms with E-state index in [2.05, 4.69) is 15.4 Å². The van der Waals surface area contributed by atoms with E-state index in [9.17, 15) is 18.8 Å². The van der Waals surface area contributed by atoms with Crippen LogP contribution in [0, 0.1) is 5.82 Å². The summed E-state index contributed by atoms with van der Waals surface area (Å²) in [7, 11) is 0. The number of hydrogen-bond acceptors (Lipinski definition) is 4. The van der Waals surface area contributed by atoms with Gasteiger partial charge in [0.25, 0.3) is 5.56 Å². The molecule has 1 amide bonds. The molecular weight excluding hydrogens is 437 g/mol. The summed E-state index contributed by atoms with van der Waals surface area (Å²) in [5, 5.41) is 8.00. The van der Waals surface area contributed by atoms with Gasteiger partial charge in [-0.05, 0) is 42.5 Å². The maximum atomic E-state index is 13.1. The van der Waals surface area contributed by atoms with Crippen molar-refractivity contribution in [3.8, 4) is 0 Å². The van der Waals surface area contributed by atoms with E-state index in [4.69, 9.17) is 0 Å². The maximum Gasteiger partial charge on any atom is 0.349 e. The molecule has 9 heteroatoms. The quantitative estimate of drug-likeness (QED) is 0.398. The summed E-state index contributed by atoms with van der Waals surface area (Å²) < 4.78 is 15.6. The maximum absolute atomic E-state index is 13.1. The number of aromatic nitrogens is 3. The van der Waals surface area contributed by atoms with Crippen molar-refractivity contribution >= 4 is 39.6 Å². The van der Waals surface area contributed by atoms with Gasteiger partial charge in [-0.25, -0.2) is 9.18 Å². The van der Waals surface area contributed by atoms with Gasteiger partial charge in [-0.1, -0.05) is 30.3 Å². The van der Waals surface area contributed by atoms with Crippen LogP contribution in [0.15, 0.2) is 93.7 Å². The average molecular weight is 455 g/mol. The van der Waals surface area contributed by atoms with E-state index in [-0.39, 0.29) is 18.3 Å². The third-order valence-corrected chi connectivity index (χ3v) is 5.36. The molecule has 0 spiro atoms. The molecule has 5 aromatic rings. The standard InChI is InChI=1S/C25H18FN5O3/c26-17-9-11-18(12-10-17)28-23(32)15-30-14-16(19-5-2-4-8-22(19)30)13-27-31-24(33)20-6-1-3-7-21(20)29-25(31)34/h1-14H,15H2,(H,28,32)(H,29,34). The minimum Gasteiger partial charge on any atom is -0.337 e. The van der Waals surface area contributed by atoms with E-state index >= 15 is 0 Å². The summed E-state index contributed by atoms with van der Waals surface area (Å²) in [6.07, 6.45) is 3.14. The van der Waals surface area contributed by atoms with E-state index in [0.717, 1.165) is 15.6 Å². The summed E-state index contributed by atoms with van der Waals surface area (Å²) in [5.41, 5.74) is 1.15. The van der Waals surface area contributed by atoms with Crippen LogP contribution in [0.4, 0.5) is 10.1 Å². The summed E-state index contributed by atoms with van der Waals surface area (Å²) in [6.45, 7) is 0.00222. The van der Waals surface area contributed by atoms with Gasteiger partial charge in [-0.15, -0.1) is 4.68 Å². The Morgan fingerprint density at radius 3 is 2.47 bits per heavy atom. The fourth-order valence-corrected chi connectivity index (χ4v) is 3.78. The Morgan fingerprint density at radius 2 is 1.68 bits per heavy atom. The van der Waals surface area contributed by atoms with E-state index in [0.29, 0.717) is 22.2 Å². The Labute approximate surface area is 191 Å². The van der Waals surface area contributed by atoms with Gasteiger partial charge in [0.05, 0.1) is 17.1 Å². The first-order valence-electron chi connectivity index (χ1n) is 10.4. The Hall–Kier alpha value is -4.79. The highest BCUT2D eigenvalue weighted by atomic mass is 19.1. The lowest BCUT2D eigenvalue weighted by atomic mass is 10.2. The lowest BCUT2D eigenvalue weighted by molar-refractivity contribution is -0.116. The second kappa shape index (κ2) is 8.62. The Balaban J connectivity index is 1.47. The molecule has 0 bridgehead atoms. The molecule has 168 valence electrons. The largest absolute Gasteiger partial charge is 0.349 e. The van der Waals surface area contributed by atoms with Crippen molar-refractivity contribution in [3.63, 3.8) is 0 Å². The number of benzene rings is 3. The molecule has 0 fully saturated rings. The zero-order valence-corrected chi connectivity index (χ0v) is 17.7. The van der Waals surface area contributed by atoms with Gasteiger partial charge >= 0.3 is 5.69 Å². The SMILES string of the molecule is O=C(Cn1cc(C=Nn2c(=O)[nH]c3ccccc3c2=O)c2ccccc21)Nc1ccc(F)cc1. The van der Waals surface area contributed by atoms with Crippen molar-refractivity contribution in [2.24, 2.45) is 5.10 Å². The van der Waals surface area contributed by atoms with E-state index < -0.39 is 11.2 Å². The molecule has 0 unspecified atom stereocenters. The number of para-hydroxylation sites is 2. The predicted molar refractivity (Wildman–Crippen MR) is 129 cm³/mol. The monoisotopic (exact) mass is 455 g/mol. The summed E-state index contributed by atoms with van der Waals surface area (Å²) in [5.74, 6) is -0.680. The highest BCUT2D eigenvalue weighted by Crippen LogP contribution is 2.20. The zero-order valence-electron chi connectivity index (χ0n) is 17.7. The lowest BCUT2D eigenvalue weighted by Crippen LogP contribution is -2.32. The Morgan fingerprint density at radius 1 is 0.971 bits per heavy atom. The number of hydrogen-bond donors (Lipinski definition) is 2. The number of rotatable bonds is 5. The molecule has 3 aromatic carbocycles. The van der Waals surface area contributed by atoms with Crippen LogP contribution in [0.1, 0.15) is 5.56 Å². The van der Waals surface area contributed by atoms with E-state index in [1.165, 1.54) is 30.5 Å². The number of carbonyl (C=O) groups excluding carboxylic acids is 1. The number of nitrogens with one attached hydrogen (secondary N) is 2. The molecule has 0 aliphatic carbocycles. The van der Waals surface area contributed by atoms with Gasteiger partial charge in [0.2, 0.25) is 5.91 Å². The van der Waals surface area contributed by atoms with Crippen LogP contribution in [-0.2, 0) is 11.3 Å². The van der Waals surface area contributed by atoms with Crippen molar-refractivity contribution in [3.05, 3.63) is 111 Å². The number of fused-ring (bicyclic) bond motifs is 2. The number of nitrogens with zero attached hydrogens (tertiary/aromatic N) is 3. The minimum absolute atomic E-state index is 0.00222. The first-order valence-corrected chi connectivity index (χ1v) is 10.4. The summed E-state index contributed by atoms with van der Waals surface area (Å²) in [4.78, 5) is 40.3. The van der Waals surface area contributed by atoms with Crippen LogP contribution < -0.4 is 16.6 Å². The van der Waals surface area contributed by atoms with E-state index in [1.807, 2.05) is 24.3 Å². The molecule has 2 N–H and O–H groups in total. The number of carbonyl (C=O) groups is 1. The molecule has 34 heavy (non-hydrogen) atoms. The molecule has 5 rings (SSSR count). The number of halogens is 1. The highest BCUT2D eigenvalue weighted by molar-refractivity contribution is 6.00. The van der Waals surface area contributed by atoms with Gasteiger partial charge in [0.1, 0.15) is 12.4 Å². The van der Waals surface area contributed by atoms with Gasteiger partial charge in [-0.2, -0.15) is 5.10 Å². The fraction of sp³-hybridized carbons (Fsp3) is 0.0400. The molecule has 8 nitrogen and oxygen atoms in total. The lowest BCUT2D eigenvalue weighted by Gasteiger charge is -2.07. The molecule has 2 heterocycles. The summed E-state index contributed by atoms with van der Waals surface area (Å²) >= 11 is 0. The minimum atomic E-state index is -0.651. The second-order valence-corrected chi connectivity index (χ2v) is 7.62. The first kappa shape index (κ1) is 21.1. The predicted octanol–water partition coefficient (Wildman–Crippen LogP) is 3.30. The Bertz CT molecular complexity index is 1680. The average Bonchev–Trinajstić information content (AvgIpc) is 3.18. The van der Waals surface area contributed by atoms with E-state index in [1.54, 1.807) is 35.0 Å². The van der Waals surface area contributed by atoms with Crippen LogP contribution in [-0.4, -0.2) is 26.3 Å². The van der Waals surface area contributed by atoms with Gasteiger partial charge in [-0.3, -0.25) is 9.59 Å². The van der Waals surface area contributed by atoms with Crippen LogP contribution in [0.5, 0.6) is 0 Å². The number of anilines is 1. The second-order valence-electron chi connectivity index (χ2n) is 7.62. The van der Waals surface area contributed by atoms with Gasteiger partial charge in [0, 0.05) is 28.4 Å². The van der Waals surface area contributed by atoms with Crippen LogP contribution >= 0.6 is 0 Å². The highest BCUT2D eigenvalue weighted by Gasteiger charge is 2.11. The normalized spacial score (nSPS) is 11.4. The third kappa shape index (κ3) is 4.02. The van der Waals surface area contributed by atoms with Crippen molar-refractivity contribution in [2.75, 3.05) is 5.32 Å². The van der Waals surface area contributed by atoms with Crippen LogP contribution in [0.3, 0.4) is 0 Å². The number of H-pyrrole nitrogens is 1. The van der Waals surface area contributed by atoms with Crippen LogP contribution in [0.25, 0.3) is 21.8 Å². The molecule has 0 saturated carbocycles. The van der Waals surface area contributed by atoms with Crippen molar-refractivity contribution in [1.29, 1.82) is 0 Å². The first-order chi connectivity index (χ1) is 16.5. The van der Waals surface area contributed by atoms with Gasteiger partial charge in [0.15, 0.2) is 0 Å². The smallest absolute Gasteiger partial charge is 0.337 e. The number of aromatic amines is 1. The molecule has 0 atom stereocenters. The molecule has 0 radical (unpaired) electrons. The zero-order chi connectivity index (χ0) is 23.7. The molecule has 0 aliphatic rings. The third-order valence-electron chi connectivity index (χ3n) is 5.36. The molecule has 0 aliphatic heterocycles. The molecule has 2 aromatic heterocycles. The molecular formula is C25H18FN5O3. The Kier molecular flexibility index (Phi) is 5.35.